The summed E-state index contributed by atoms with van der Waals surface area (Å²) >= 11 is 0. The first-order chi connectivity index (χ1) is 14.2. The Kier molecular flexibility index (Phi) is 9.45. The van der Waals surface area contributed by atoms with Gasteiger partial charge in [-0.05, 0) is 43.5 Å². The highest BCUT2D eigenvalue weighted by atomic mass is 32.2. The third kappa shape index (κ3) is 7.47. The minimum Gasteiger partial charge on any atom is -0.475 e. The largest absolute Gasteiger partial charge is 0.490 e. The van der Waals surface area contributed by atoms with E-state index in [2.05, 4.69) is 5.32 Å². The molecule has 8 nitrogen and oxygen atoms in total. The zero-order valence-electron chi connectivity index (χ0n) is 17.9. The third-order valence-electron chi connectivity index (χ3n) is 4.79. The van der Waals surface area contributed by atoms with E-state index in [1.807, 2.05) is 19.9 Å². The lowest BCUT2D eigenvalue weighted by Gasteiger charge is -2.30. The van der Waals surface area contributed by atoms with Gasteiger partial charge in [0.1, 0.15) is 0 Å². The summed E-state index contributed by atoms with van der Waals surface area (Å²) in [5.41, 5.74) is 2.71. The molecular formula is C19H28F3N3O5S. The molecule has 1 aromatic rings. The van der Waals surface area contributed by atoms with Gasteiger partial charge in [-0.1, -0.05) is 13.0 Å². The Bertz CT molecular complexity index is 898. The number of benzene rings is 1. The molecule has 0 aliphatic carbocycles. The van der Waals surface area contributed by atoms with Gasteiger partial charge in [0.05, 0.1) is 11.4 Å². The Morgan fingerprint density at radius 1 is 1.10 bits per heavy atom. The van der Waals surface area contributed by atoms with Crippen molar-refractivity contribution >= 4 is 21.9 Å². The van der Waals surface area contributed by atoms with Gasteiger partial charge >= 0.3 is 12.1 Å². The number of alkyl halides is 3. The Hall–Kier alpha value is -2.18. The van der Waals surface area contributed by atoms with Crippen molar-refractivity contribution in [1.29, 1.82) is 0 Å². The molecule has 0 bridgehead atoms. The fourth-order valence-electron chi connectivity index (χ4n) is 2.88. The molecule has 1 saturated heterocycles. The zero-order chi connectivity index (χ0) is 24.0. The number of rotatable bonds is 5. The van der Waals surface area contributed by atoms with Crippen LogP contribution in [0.25, 0.3) is 0 Å². The van der Waals surface area contributed by atoms with Crippen molar-refractivity contribution in [3.05, 3.63) is 28.8 Å². The Morgan fingerprint density at radius 2 is 1.58 bits per heavy atom. The Labute approximate surface area is 180 Å². The van der Waals surface area contributed by atoms with Crippen LogP contribution >= 0.6 is 0 Å². The van der Waals surface area contributed by atoms with Crippen LogP contribution in [0.3, 0.4) is 0 Å². The number of likely N-dealkylation sites (N-methyl/N-ethyl adjacent to an activating group) is 1. The average molecular weight is 468 g/mol. The second-order valence-electron chi connectivity index (χ2n) is 7.07. The number of sulfonamides is 1. The molecule has 0 atom stereocenters. The predicted molar refractivity (Wildman–Crippen MR) is 108 cm³/mol. The maximum atomic E-state index is 13.0. The molecule has 0 spiro atoms. The maximum Gasteiger partial charge on any atom is 0.490 e. The second-order valence-corrected chi connectivity index (χ2v) is 8.97. The number of carbonyl (C=O) groups excluding carboxylic acids is 1. The molecule has 1 fully saturated rings. The standard InChI is InChI=1S/C17H27N3O3S.C2HF3O2/c1-5-20(12-17(21)19-8-6-18-7-9-19)24(22,23)16-11-14(3)13(2)10-15(16)4;3-2(4,5)1(6)7/h10-11,18H,5-9,12H2,1-4H3;(H,6,7). The lowest BCUT2D eigenvalue weighted by molar-refractivity contribution is -0.192. The van der Waals surface area contributed by atoms with Crippen molar-refractivity contribution in [3.63, 3.8) is 0 Å². The molecule has 1 heterocycles. The first kappa shape index (κ1) is 26.9. The van der Waals surface area contributed by atoms with E-state index in [0.29, 0.717) is 23.5 Å². The minimum absolute atomic E-state index is 0.106. The normalized spacial score (nSPS) is 14.8. The van der Waals surface area contributed by atoms with Crippen LogP contribution in [0, 0.1) is 20.8 Å². The number of nitrogens with one attached hydrogen (secondary N) is 1. The SMILES string of the molecule is CCN(CC(=O)N1CCNCC1)S(=O)(=O)c1cc(C)c(C)cc1C.O=C(O)C(F)(F)F. The van der Waals surface area contributed by atoms with Gasteiger partial charge in [0.2, 0.25) is 15.9 Å². The third-order valence-corrected chi connectivity index (χ3v) is 6.85. The molecule has 1 aromatic carbocycles. The van der Waals surface area contributed by atoms with Crippen LogP contribution < -0.4 is 5.32 Å². The quantitative estimate of drug-likeness (QED) is 0.683. The van der Waals surface area contributed by atoms with E-state index in [-0.39, 0.29) is 19.0 Å². The van der Waals surface area contributed by atoms with Gasteiger partial charge in [0.15, 0.2) is 0 Å². The smallest absolute Gasteiger partial charge is 0.475 e. The summed E-state index contributed by atoms with van der Waals surface area (Å²) in [5, 5.41) is 10.3. The fraction of sp³-hybridized carbons (Fsp3) is 0.579. The van der Waals surface area contributed by atoms with Crippen molar-refractivity contribution in [3.8, 4) is 0 Å². The average Bonchev–Trinajstić information content (AvgIpc) is 2.68. The van der Waals surface area contributed by atoms with E-state index in [9.17, 15) is 26.4 Å². The molecular weight excluding hydrogens is 439 g/mol. The molecule has 1 amide bonds. The highest BCUT2D eigenvalue weighted by Gasteiger charge is 2.38. The summed E-state index contributed by atoms with van der Waals surface area (Å²) in [5.74, 6) is -2.89. The van der Waals surface area contributed by atoms with Gasteiger partial charge in [-0.2, -0.15) is 17.5 Å². The van der Waals surface area contributed by atoms with Gasteiger partial charge < -0.3 is 15.3 Å². The molecule has 0 saturated carbocycles. The number of carboxylic acids is 1. The Balaban J connectivity index is 0.000000592. The lowest BCUT2D eigenvalue weighted by Crippen LogP contribution is -2.50. The van der Waals surface area contributed by atoms with Crippen molar-refractivity contribution in [2.24, 2.45) is 0 Å². The summed E-state index contributed by atoms with van der Waals surface area (Å²) in [4.78, 5) is 23.4. The molecule has 176 valence electrons. The number of aliphatic carboxylic acids is 1. The van der Waals surface area contributed by atoms with Crippen molar-refractivity contribution < 1.29 is 36.3 Å². The van der Waals surface area contributed by atoms with E-state index in [1.54, 1.807) is 24.8 Å². The molecule has 2 N–H and O–H groups in total. The summed E-state index contributed by atoms with van der Waals surface area (Å²) < 4.78 is 59.0. The number of halogens is 3. The molecule has 0 aromatic heterocycles. The first-order valence-corrected chi connectivity index (χ1v) is 11.0. The number of hydrogen-bond donors (Lipinski definition) is 2. The molecule has 1 aliphatic heterocycles. The van der Waals surface area contributed by atoms with Crippen LogP contribution in [0.5, 0.6) is 0 Å². The predicted octanol–water partition coefficient (Wildman–Crippen LogP) is 1.69. The molecule has 0 radical (unpaired) electrons. The molecule has 2 rings (SSSR count). The summed E-state index contributed by atoms with van der Waals surface area (Å²) in [6, 6.07) is 3.59. The number of piperazine rings is 1. The van der Waals surface area contributed by atoms with Crippen LogP contribution in [-0.4, -0.2) is 80.1 Å². The van der Waals surface area contributed by atoms with Crippen LogP contribution in [0.4, 0.5) is 13.2 Å². The highest BCUT2D eigenvalue weighted by molar-refractivity contribution is 7.89. The van der Waals surface area contributed by atoms with Gasteiger partial charge in [0.25, 0.3) is 0 Å². The summed E-state index contributed by atoms with van der Waals surface area (Å²) in [7, 11) is -3.68. The van der Waals surface area contributed by atoms with Crippen molar-refractivity contribution in [1.82, 2.24) is 14.5 Å². The van der Waals surface area contributed by atoms with E-state index in [1.165, 1.54) is 4.31 Å². The van der Waals surface area contributed by atoms with Crippen molar-refractivity contribution in [2.75, 3.05) is 39.3 Å². The van der Waals surface area contributed by atoms with E-state index >= 15 is 0 Å². The number of aryl methyl sites for hydroxylation is 3. The number of nitrogens with zero attached hydrogens (tertiary/aromatic N) is 2. The zero-order valence-corrected chi connectivity index (χ0v) is 18.7. The van der Waals surface area contributed by atoms with E-state index in [0.717, 1.165) is 24.2 Å². The van der Waals surface area contributed by atoms with Crippen LogP contribution in [0.15, 0.2) is 17.0 Å². The summed E-state index contributed by atoms with van der Waals surface area (Å²) in [6.45, 7) is 10.3. The van der Waals surface area contributed by atoms with Crippen LogP contribution in [0.1, 0.15) is 23.6 Å². The maximum absolute atomic E-state index is 13.0. The number of amides is 1. The summed E-state index contributed by atoms with van der Waals surface area (Å²) in [6.07, 6.45) is -5.08. The fourth-order valence-corrected chi connectivity index (χ4v) is 4.57. The van der Waals surface area contributed by atoms with E-state index < -0.39 is 22.2 Å². The lowest BCUT2D eigenvalue weighted by atomic mass is 10.1. The number of hydrogen-bond acceptors (Lipinski definition) is 5. The highest BCUT2D eigenvalue weighted by Crippen LogP contribution is 2.23. The van der Waals surface area contributed by atoms with Gasteiger partial charge in [-0.25, -0.2) is 13.2 Å². The van der Waals surface area contributed by atoms with Gasteiger partial charge in [0, 0.05) is 32.7 Å². The molecule has 12 heteroatoms. The number of carboxylic acid groups (broad SMARTS) is 1. The molecule has 1 aliphatic rings. The van der Waals surface area contributed by atoms with Crippen molar-refractivity contribution in [2.45, 2.75) is 38.8 Å². The first-order valence-electron chi connectivity index (χ1n) is 9.58. The minimum atomic E-state index is -5.08. The monoisotopic (exact) mass is 467 g/mol. The van der Waals surface area contributed by atoms with Gasteiger partial charge in [-0.15, -0.1) is 0 Å². The van der Waals surface area contributed by atoms with Crippen LogP contribution in [-0.2, 0) is 19.6 Å². The molecule has 0 unspecified atom stereocenters. The molecule has 31 heavy (non-hydrogen) atoms. The van der Waals surface area contributed by atoms with Gasteiger partial charge in [-0.3, -0.25) is 4.79 Å². The number of carbonyl (C=O) groups is 2. The van der Waals surface area contributed by atoms with Crippen LogP contribution in [0.2, 0.25) is 0 Å². The second kappa shape index (κ2) is 10.9. The van der Waals surface area contributed by atoms with E-state index in [4.69, 9.17) is 9.90 Å². The topological polar surface area (TPSA) is 107 Å². The Morgan fingerprint density at radius 3 is 2.03 bits per heavy atom.